The maximum atomic E-state index is 11.9. The van der Waals surface area contributed by atoms with Crippen molar-refractivity contribution in [2.24, 2.45) is 0 Å². The number of rotatable bonds is 3. The van der Waals surface area contributed by atoms with Crippen molar-refractivity contribution in [3.8, 4) is 5.75 Å². The summed E-state index contributed by atoms with van der Waals surface area (Å²) in [6.07, 6.45) is 1.04. The molecule has 0 unspecified atom stereocenters. The number of hydrogen-bond donors (Lipinski definition) is 3. The van der Waals surface area contributed by atoms with E-state index in [0.717, 1.165) is 0 Å². The largest absolute Gasteiger partial charge is 0.507 e. The number of benzene rings is 1. The van der Waals surface area contributed by atoms with Gasteiger partial charge in [0.2, 0.25) is 0 Å². The first-order valence-corrected chi connectivity index (χ1v) is 7.15. The summed E-state index contributed by atoms with van der Waals surface area (Å²) in [5, 5.41) is 22.5. The van der Waals surface area contributed by atoms with Gasteiger partial charge >= 0.3 is 0 Å². The average molecular weight is 377 g/mol. The summed E-state index contributed by atoms with van der Waals surface area (Å²) < 4.78 is 5.87. The predicted octanol–water partition coefficient (Wildman–Crippen LogP) is 1.27. The van der Waals surface area contributed by atoms with Crippen LogP contribution in [0.2, 0.25) is 0 Å². The van der Waals surface area contributed by atoms with Crippen LogP contribution in [0.5, 0.6) is 5.75 Å². The van der Waals surface area contributed by atoms with Gasteiger partial charge in [0, 0.05) is 38.2 Å². The average Bonchev–Trinajstić information content (AvgIpc) is 2.40. The number of carbonyl (C=O) groups is 1. The third kappa shape index (κ3) is 3.80. The Balaban J connectivity index is 1.95. The van der Waals surface area contributed by atoms with Gasteiger partial charge in [0.1, 0.15) is 5.75 Å². The van der Waals surface area contributed by atoms with Crippen molar-refractivity contribution in [2.45, 2.75) is 18.4 Å². The lowest BCUT2D eigenvalue weighted by atomic mass is 9.94. The molecule has 1 aliphatic rings. The fourth-order valence-electron chi connectivity index (χ4n) is 1.93. The Bertz CT molecular complexity index is 472. The molecule has 0 bridgehead atoms. The third-order valence-electron chi connectivity index (χ3n) is 3.21. The Kier molecular flexibility index (Phi) is 4.64. The maximum Gasteiger partial charge on any atom is 0.251 e. The monoisotopic (exact) mass is 377 g/mol. The van der Waals surface area contributed by atoms with Gasteiger partial charge in [-0.15, -0.1) is 0 Å². The zero-order valence-electron chi connectivity index (χ0n) is 10.4. The molecule has 1 aromatic carbocycles. The summed E-state index contributed by atoms with van der Waals surface area (Å²) in [6, 6.07) is 4.74. The molecule has 1 saturated heterocycles. The van der Waals surface area contributed by atoms with Crippen molar-refractivity contribution in [1.29, 1.82) is 0 Å². The Morgan fingerprint density at radius 1 is 1.42 bits per heavy atom. The van der Waals surface area contributed by atoms with Gasteiger partial charge in [-0.3, -0.25) is 4.79 Å². The van der Waals surface area contributed by atoms with Crippen LogP contribution in [0.3, 0.4) is 0 Å². The molecule has 1 fully saturated rings. The van der Waals surface area contributed by atoms with Crippen molar-refractivity contribution >= 4 is 28.5 Å². The van der Waals surface area contributed by atoms with Crippen molar-refractivity contribution in [3.05, 3.63) is 27.3 Å². The molecule has 0 aliphatic carbocycles. The standard InChI is InChI=1S/C13H16INO4/c14-10-2-1-9(7-11(10)16)12(17)15-8-13(18)3-5-19-6-4-13/h1-2,7,16,18H,3-6,8H2,(H,15,17). The molecule has 19 heavy (non-hydrogen) atoms. The van der Waals surface area contributed by atoms with Crippen molar-refractivity contribution in [3.63, 3.8) is 0 Å². The number of amides is 1. The number of carbonyl (C=O) groups excluding carboxylic acids is 1. The van der Waals surface area contributed by atoms with Crippen molar-refractivity contribution in [2.75, 3.05) is 19.8 Å². The molecule has 104 valence electrons. The van der Waals surface area contributed by atoms with Gasteiger partial charge < -0.3 is 20.3 Å². The van der Waals surface area contributed by atoms with Crippen molar-refractivity contribution in [1.82, 2.24) is 5.32 Å². The van der Waals surface area contributed by atoms with E-state index >= 15 is 0 Å². The van der Waals surface area contributed by atoms with E-state index in [1.54, 1.807) is 12.1 Å². The van der Waals surface area contributed by atoms with E-state index in [-0.39, 0.29) is 18.2 Å². The topological polar surface area (TPSA) is 78.8 Å². The maximum absolute atomic E-state index is 11.9. The lowest BCUT2D eigenvalue weighted by Gasteiger charge is -2.32. The van der Waals surface area contributed by atoms with Crippen LogP contribution < -0.4 is 5.32 Å². The minimum atomic E-state index is -0.890. The predicted molar refractivity (Wildman–Crippen MR) is 78.2 cm³/mol. The number of hydrogen-bond acceptors (Lipinski definition) is 4. The molecule has 1 heterocycles. The van der Waals surface area contributed by atoms with Gasteiger partial charge in [-0.25, -0.2) is 0 Å². The van der Waals surface area contributed by atoms with E-state index in [1.165, 1.54) is 6.07 Å². The number of halogens is 1. The van der Waals surface area contributed by atoms with Crippen LogP contribution in [-0.2, 0) is 4.74 Å². The number of phenols is 1. The Morgan fingerprint density at radius 3 is 2.74 bits per heavy atom. The van der Waals surface area contributed by atoms with Crippen LogP contribution in [-0.4, -0.2) is 41.5 Å². The quantitative estimate of drug-likeness (QED) is 0.694. The summed E-state index contributed by atoms with van der Waals surface area (Å²) in [7, 11) is 0. The van der Waals surface area contributed by atoms with E-state index in [4.69, 9.17) is 4.74 Å². The highest BCUT2D eigenvalue weighted by Crippen LogP contribution is 2.21. The normalized spacial score (nSPS) is 18.0. The second-order valence-corrected chi connectivity index (χ2v) is 5.85. The molecular formula is C13H16INO4. The summed E-state index contributed by atoms with van der Waals surface area (Å²) in [5.74, 6) is -0.218. The molecule has 3 N–H and O–H groups in total. The number of phenolic OH excluding ortho intramolecular Hbond substituents is 1. The fourth-order valence-corrected chi connectivity index (χ4v) is 2.26. The second kappa shape index (κ2) is 6.06. The Hall–Kier alpha value is -0.860. The highest BCUT2D eigenvalue weighted by Gasteiger charge is 2.30. The first-order chi connectivity index (χ1) is 9.00. The van der Waals surface area contributed by atoms with Gasteiger partial charge in [-0.1, -0.05) is 0 Å². The number of ether oxygens (including phenoxy) is 1. The van der Waals surface area contributed by atoms with Crippen LogP contribution >= 0.6 is 22.6 Å². The summed E-state index contributed by atoms with van der Waals surface area (Å²) >= 11 is 1.99. The summed E-state index contributed by atoms with van der Waals surface area (Å²) in [4.78, 5) is 11.9. The van der Waals surface area contributed by atoms with Crippen LogP contribution in [0.25, 0.3) is 0 Å². The fraction of sp³-hybridized carbons (Fsp3) is 0.462. The molecular weight excluding hydrogens is 361 g/mol. The summed E-state index contributed by atoms with van der Waals surface area (Å²) in [6.45, 7) is 1.22. The molecule has 1 amide bonds. The van der Waals surface area contributed by atoms with Gasteiger partial charge in [-0.2, -0.15) is 0 Å². The first-order valence-electron chi connectivity index (χ1n) is 6.07. The Morgan fingerprint density at radius 2 is 2.11 bits per heavy atom. The van der Waals surface area contributed by atoms with E-state index in [0.29, 0.717) is 35.2 Å². The minimum Gasteiger partial charge on any atom is -0.507 e. The molecule has 0 spiro atoms. The Labute approximate surface area is 125 Å². The highest BCUT2D eigenvalue weighted by molar-refractivity contribution is 14.1. The van der Waals surface area contributed by atoms with Crippen LogP contribution in [0.1, 0.15) is 23.2 Å². The lowest BCUT2D eigenvalue weighted by Crippen LogP contribution is -2.46. The van der Waals surface area contributed by atoms with Crippen LogP contribution in [0.4, 0.5) is 0 Å². The van der Waals surface area contributed by atoms with E-state index < -0.39 is 5.60 Å². The zero-order chi connectivity index (χ0) is 13.9. The van der Waals surface area contributed by atoms with Crippen LogP contribution in [0.15, 0.2) is 18.2 Å². The smallest absolute Gasteiger partial charge is 0.251 e. The molecule has 5 nitrogen and oxygen atoms in total. The SMILES string of the molecule is O=C(NCC1(O)CCOCC1)c1ccc(I)c(O)c1. The molecule has 0 atom stereocenters. The zero-order valence-corrected chi connectivity index (χ0v) is 12.5. The molecule has 1 aliphatic heterocycles. The molecule has 1 aromatic rings. The highest BCUT2D eigenvalue weighted by atomic mass is 127. The number of aliphatic hydroxyl groups is 1. The van der Waals surface area contributed by atoms with Crippen molar-refractivity contribution < 1.29 is 19.7 Å². The molecule has 0 radical (unpaired) electrons. The first kappa shape index (κ1) is 14.5. The molecule has 2 rings (SSSR count). The number of aromatic hydroxyl groups is 1. The second-order valence-electron chi connectivity index (χ2n) is 4.69. The lowest BCUT2D eigenvalue weighted by molar-refractivity contribution is -0.0605. The summed E-state index contributed by atoms with van der Waals surface area (Å²) in [5.41, 5.74) is -0.507. The van der Waals surface area contributed by atoms with E-state index in [1.807, 2.05) is 22.6 Å². The van der Waals surface area contributed by atoms with E-state index in [2.05, 4.69) is 5.32 Å². The third-order valence-corrected chi connectivity index (χ3v) is 4.12. The van der Waals surface area contributed by atoms with Gasteiger partial charge in [0.25, 0.3) is 5.91 Å². The van der Waals surface area contributed by atoms with Gasteiger partial charge in [0.05, 0.1) is 9.17 Å². The molecule has 6 heteroatoms. The minimum absolute atomic E-state index is 0.0815. The van der Waals surface area contributed by atoms with Crippen LogP contribution in [0, 0.1) is 3.57 Å². The van der Waals surface area contributed by atoms with Gasteiger partial charge in [-0.05, 0) is 40.8 Å². The van der Waals surface area contributed by atoms with Gasteiger partial charge in [0.15, 0.2) is 0 Å². The molecule has 0 saturated carbocycles. The number of nitrogens with one attached hydrogen (secondary N) is 1. The molecule has 0 aromatic heterocycles. The van der Waals surface area contributed by atoms with E-state index in [9.17, 15) is 15.0 Å².